The summed E-state index contributed by atoms with van der Waals surface area (Å²) in [5.74, 6) is 0.777. The van der Waals surface area contributed by atoms with Gasteiger partial charge < -0.3 is 5.32 Å². The highest BCUT2D eigenvalue weighted by atomic mass is 16.6. The number of carbonyl (C=O) groups excluding carboxylic acids is 2. The van der Waals surface area contributed by atoms with Crippen LogP contribution < -0.4 is 10.8 Å². The van der Waals surface area contributed by atoms with Gasteiger partial charge in [0.2, 0.25) is 11.8 Å². The predicted octanol–water partition coefficient (Wildman–Crippen LogP) is 3.46. The Morgan fingerprint density at radius 3 is 2.44 bits per heavy atom. The third kappa shape index (κ3) is 6.18. The number of hydrogen-bond donors (Lipinski definition) is 2. The SMILES string of the molecule is O=C(CC1CCC(C(=O)Nc2ccccn2)CC1)NOCc1ccccc1. The molecule has 2 N–H and O–H groups in total. The van der Waals surface area contributed by atoms with Crippen molar-refractivity contribution in [3.05, 3.63) is 60.3 Å². The standard InChI is InChI=1S/C21H25N3O3/c25-20(24-27-15-17-6-2-1-3-7-17)14-16-9-11-18(12-10-16)21(26)23-19-8-4-5-13-22-19/h1-8,13,16,18H,9-12,14-15H2,(H,24,25)(H,22,23,26). The Kier molecular flexibility index (Phi) is 6.93. The van der Waals surface area contributed by atoms with Crippen LogP contribution in [0.3, 0.4) is 0 Å². The average molecular weight is 367 g/mol. The van der Waals surface area contributed by atoms with E-state index in [0.717, 1.165) is 31.2 Å². The van der Waals surface area contributed by atoms with Gasteiger partial charge in [0.15, 0.2) is 0 Å². The maximum absolute atomic E-state index is 12.3. The molecule has 142 valence electrons. The van der Waals surface area contributed by atoms with Gasteiger partial charge in [0.1, 0.15) is 5.82 Å². The molecule has 6 nitrogen and oxygen atoms in total. The van der Waals surface area contributed by atoms with Crippen molar-refractivity contribution in [2.75, 3.05) is 5.32 Å². The van der Waals surface area contributed by atoms with Crippen LogP contribution in [-0.4, -0.2) is 16.8 Å². The molecule has 0 saturated heterocycles. The highest BCUT2D eigenvalue weighted by molar-refractivity contribution is 5.91. The van der Waals surface area contributed by atoms with Gasteiger partial charge in [-0.2, -0.15) is 0 Å². The molecule has 1 aromatic heterocycles. The van der Waals surface area contributed by atoms with Crippen LogP contribution >= 0.6 is 0 Å². The molecule has 0 aliphatic heterocycles. The summed E-state index contributed by atoms with van der Waals surface area (Å²) in [7, 11) is 0. The molecule has 1 heterocycles. The van der Waals surface area contributed by atoms with E-state index in [9.17, 15) is 9.59 Å². The molecule has 27 heavy (non-hydrogen) atoms. The summed E-state index contributed by atoms with van der Waals surface area (Å²) in [5.41, 5.74) is 3.53. The number of hydroxylamine groups is 1. The smallest absolute Gasteiger partial charge is 0.243 e. The second-order valence-corrected chi connectivity index (χ2v) is 6.93. The molecule has 6 heteroatoms. The van der Waals surface area contributed by atoms with Crippen molar-refractivity contribution in [3.8, 4) is 0 Å². The van der Waals surface area contributed by atoms with Crippen molar-refractivity contribution < 1.29 is 14.4 Å². The molecule has 1 aromatic carbocycles. The molecule has 2 amide bonds. The molecule has 0 bridgehead atoms. The van der Waals surface area contributed by atoms with Gasteiger partial charge in [-0.15, -0.1) is 0 Å². The fourth-order valence-electron chi connectivity index (χ4n) is 3.37. The molecular weight excluding hydrogens is 342 g/mol. The van der Waals surface area contributed by atoms with E-state index in [1.807, 2.05) is 42.5 Å². The number of pyridine rings is 1. The Labute approximate surface area is 159 Å². The zero-order chi connectivity index (χ0) is 18.9. The number of carbonyl (C=O) groups is 2. The Morgan fingerprint density at radius 2 is 1.74 bits per heavy atom. The predicted molar refractivity (Wildman–Crippen MR) is 102 cm³/mol. The third-order valence-corrected chi connectivity index (χ3v) is 4.88. The first-order chi connectivity index (χ1) is 13.2. The van der Waals surface area contributed by atoms with Crippen LogP contribution in [0.4, 0.5) is 5.82 Å². The van der Waals surface area contributed by atoms with Gasteiger partial charge >= 0.3 is 0 Å². The summed E-state index contributed by atoms with van der Waals surface area (Å²) in [6, 6.07) is 15.1. The summed E-state index contributed by atoms with van der Waals surface area (Å²) in [6.45, 7) is 0.354. The van der Waals surface area contributed by atoms with Crippen LogP contribution in [0.5, 0.6) is 0 Å². The second-order valence-electron chi connectivity index (χ2n) is 6.93. The van der Waals surface area contributed by atoms with Crippen LogP contribution in [0.2, 0.25) is 0 Å². The Balaban J connectivity index is 1.34. The largest absolute Gasteiger partial charge is 0.310 e. The lowest BCUT2D eigenvalue weighted by atomic mass is 9.80. The lowest BCUT2D eigenvalue weighted by Gasteiger charge is -2.27. The zero-order valence-electron chi connectivity index (χ0n) is 15.3. The normalized spacial score (nSPS) is 19.3. The third-order valence-electron chi connectivity index (χ3n) is 4.88. The zero-order valence-corrected chi connectivity index (χ0v) is 15.3. The van der Waals surface area contributed by atoms with E-state index in [1.54, 1.807) is 12.3 Å². The van der Waals surface area contributed by atoms with Crippen molar-refractivity contribution in [1.29, 1.82) is 0 Å². The summed E-state index contributed by atoms with van der Waals surface area (Å²) >= 11 is 0. The number of rotatable bonds is 7. The van der Waals surface area contributed by atoms with Gasteiger partial charge in [0.05, 0.1) is 6.61 Å². The van der Waals surface area contributed by atoms with Crippen LogP contribution in [0.15, 0.2) is 54.7 Å². The summed E-state index contributed by atoms with van der Waals surface area (Å²) in [4.78, 5) is 33.8. The molecule has 0 unspecified atom stereocenters. The van der Waals surface area contributed by atoms with Crippen molar-refractivity contribution in [2.24, 2.45) is 11.8 Å². The first-order valence-electron chi connectivity index (χ1n) is 9.37. The molecule has 1 saturated carbocycles. The Hall–Kier alpha value is -2.73. The maximum atomic E-state index is 12.3. The molecule has 0 spiro atoms. The molecule has 0 atom stereocenters. The Bertz CT molecular complexity index is 729. The monoisotopic (exact) mass is 367 g/mol. The van der Waals surface area contributed by atoms with Crippen molar-refractivity contribution in [3.63, 3.8) is 0 Å². The molecule has 3 rings (SSSR count). The second kappa shape index (κ2) is 9.83. The minimum Gasteiger partial charge on any atom is -0.310 e. The highest BCUT2D eigenvalue weighted by Crippen LogP contribution is 2.31. The number of anilines is 1. The maximum Gasteiger partial charge on any atom is 0.243 e. The number of benzene rings is 1. The lowest BCUT2D eigenvalue weighted by molar-refractivity contribution is -0.135. The highest BCUT2D eigenvalue weighted by Gasteiger charge is 2.27. The van der Waals surface area contributed by atoms with Gasteiger partial charge in [-0.3, -0.25) is 14.4 Å². The number of amides is 2. The minimum atomic E-state index is -0.104. The van der Waals surface area contributed by atoms with Crippen LogP contribution in [0, 0.1) is 11.8 Å². The summed E-state index contributed by atoms with van der Waals surface area (Å²) in [5, 5.41) is 2.86. The van der Waals surface area contributed by atoms with Crippen LogP contribution in [0.25, 0.3) is 0 Å². The van der Waals surface area contributed by atoms with Gasteiger partial charge in [0.25, 0.3) is 0 Å². The van der Waals surface area contributed by atoms with Gasteiger partial charge in [-0.05, 0) is 49.3 Å². The topological polar surface area (TPSA) is 80.3 Å². The minimum absolute atomic E-state index is 0.0133. The van der Waals surface area contributed by atoms with E-state index >= 15 is 0 Å². The molecule has 1 aliphatic rings. The molecule has 0 radical (unpaired) electrons. The molecule has 2 aromatic rings. The van der Waals surface area contributed by atoms with Crippen molar-refractivity contribution in [2.45, 2.75) is 38.7 Å². The first kappa shape index (κ1) is 19.0. The van der Waals surface area contributed by atoms with E-state index in [4.69, 9.17) is 4.84 Å². The van der Waals surface area contributed by atoms with Crippen molar-refractivity contribution in [1.82, 2.24) is 10.5 Å². The summed E-state index contributed by atoms with van der Waals surface area (Å²) < 4.78 is 0. The quantitative estimate of drug-likeness (QED) is 0.735. The van der Waals surface area contributed by atoms with Crippen LogP contribution in [0.1, 0.15) is 37.7 Å². The van der Waals surface area contributed by atoms with E-state index in [2.05, 4.69) is 15.8 Å². The van der Waals surface area contributed by atoms with E-state index in [-0.39, 0.29) is 17.7 Å². The number of aromatic nitrogens is 1. The fraction of sp³-hybridized carbons (Fsp3) is 0.381. The van der Waals surface area contributed by atoms with E-state index in [1.165, 1.54) is 0 Å². The van der Waals surface area contributed by atoms with E-state index in [0.29, 0.717) is 24.8 Å². The van der Waals surface area contributed by atoms with Crippen LogP contribution in [-0.2, 0) is 21.0 Å². The number of nitrogens with zero attached hydrogens (tertiary/aromatic N) is 1. The first-order valence-corrected chi connectivity index (χ1v) is 9.37. The Morgan fingerprint density at radius 1 is 1.00 bits per heavy atom. The fourth-order valence-corrected chi connectivity index (χ4v) is 3.37. The number of nitrogens with one attached hydrogen (secondary N) is 2. The van der Waals surface area contributed by atoms with Gasteiger partial charge in [-0.1, -0.05) is 36.4 Å². The average Bonchev–Trinajstić information content (AvgIpc) is 2.70. The molecule has 1 aliphatic carbocycles. The van der Waals surface area contributed by atoms with E-state index < -0.39 is 0 Å². The summed E-state index contributed by atoms with van der Waals surface area (Å²) in [6.07, 6.45) is 5.41. The van der Waals surface area contributed by atoms with Gasteiger partial charge in [-0.25, -0.2) is 10.5 Å². The molecular formula is C21H25N3O3. The van der Waals surface area contributed by atoms with Crippen molar-refractivity contribution >= 4 is 17.6 Å². The number of hydrogen-bond acceptors (Lipinski definition) is 4. The molecule has 1 fully saturated rings. The van der Waals surface area contributed by atoms with Gasteiger partial charge in [0, 0.05) is 18.5 Å². The lowest BCUT2D eigenvalue weighted by Crippen LogP contribution is -2.30.